The van der Waals surface area contributed by atoms with E-state index >= 15 is 0 Å². The lowest BCUT2D eigenvalue weighted by Gasteiger charge is -2.29. The molecule has 0 bridgehead atoms. The second-order valence-corrected chi connectivity index (χ2v) is 19.2. The fourth-order valence-electron chi connectivity index (χ4n) is 9.19. The smallest absolute Gasteiger partial charge is 0.338 e. The van der Waals surface area contributed by atoms with E-state index in [1.54, 1.807) is 0 Å². The van der Waals surface area contributed by atoms with E-state index in [4.69, 9.17) is 0 Å². The summed E-state index contributed by atoms with van der Waals surface area (Å²) in [5.41, 5.74) is -2.04. The van der Waals surface area contributed by atoms with Crippen molar-refractivity contribution in [3.63, 3.8) is 0 Å². The van der Waals surface area contributed by atoms with Gasteiger partial charge in [0.25, 0.3) is 0 Å². The summed E-state index contributed by atoms with van der Waals surface area (Å²) in [5, 5.41) is 31.5. The molecule has 5 nitrogen and oxygen atoms in total. The van der Waals surface area contributed by atoms with Crippen molar-refractivity contribution in [1.82, 2.24) is 0 Å². The van der Waals surface area contributed by atoms with Gasteiger partial charge in [0.05, 0.1) is 6.10 Å². The molecule has 0 saturated heterocycles. The first kappa shape index (κ1) is 58.1. The summed E-state index contributed by atoms with van der Waals surface area (Å²) in [6, 6.07) is 0. The minimum absolute atomic E-state index is 0.125. The van der Waals surface area contributed by atoms with E-state index in [2.05, 4.69) is 20.8 Å². The summed E-state index contributed by atoms with van der Waals surface area (Å²) in [4.78, 5) is 25.3. The molecular formula is C54H106O5. The number of carbonyl (C=O) groups excluding carboxylic acids is 1. The normalized spacial score (nSPS) is 13.8. The standard InChI is InChI=1S/C54H106O5/c1-4-7-10-13-15-17-19-21-23-25-27-29-31-35-39-44-49-54(59,53(57)58)52(56)48-43-38-34-33-36-41-46-50(45-40-12-9-6-3)51(55)47-42-37-32-30-28-26-24-22-20-18-16-14-11-8-5-2/h50,52,56,59H,4-49H2,1-3H3,(H,57,58). The predicted molar refractivity (Wildman–Crippen MR) is 256 cm³/mol. The first-order chi connectivity index (χ1) is 28.8. The summed E-state index contributed by atoms with van der Waals surface area (Å²) >= 11 is 0. The third-order valence-electron chi connectivity index (χ3n) is 13.5. The highest BCUT2D eigenvalue weighted by Gasteiger charge is 2.42. The van der Waals surface area contributed by atoms with Crippen molar-refractivity contribution in [3.05, 3.63) is 0 Å². The van der Waals surface area contributed by atoms with Crippen LogP contribution in [0.2, 0.25) is 0 Å². The molecule has 3 unspecified atom stereocenters. The zero-order valence-corrected chi connectivity index (χ0v) is 40.3. The van der Waals surface area contributed by atoms with Crippen LogP contribution >= 0.6 is 0 Å². The number of ketones is 1. The van der Waals surface area contributed by atoms with Gasteiger partial charge >= 0.3 is 5.97 Å². The zero-order chi connectivity index (χ0) is 43.3. The SMILES string of the molecule is CCCCCCCCCCCCCCCCCCC(O)(C(=O)O)C(O)CCCCCCCCC(CCCCCC)C(=O)CCCCCCCCCCCCCCCCC. The molecule has 0 radical (unpaired) electrons. The second kappa shape index (κ2) is 45.1. The molecule has 59 heavy (non-hydrogen) atoms. The van der Waals surface area contributed by atoms with Crippen LogP contribution in [0.1, 0.15) is 316 Å². The lowest BCUT2D eigenvalue weighted by molar-refractivity contribution is -0.173. The minimum Gasteiger partial charge on any atom is -0.479 e. The van der Waals surface area contributed by atoms with Crippen LogP contribution in [0.3, 0.4) is 0 Å². The Morgan fingerprint density at radius 3 is 0.949 bits per heavy atom. The Morgan fingerprint density at radius 2 is 0.627 bits per heavy atom. The van der Waals surface area contributed by atoms with E-state index in [9.17, 15) is 24.9 Å². The number of aliphatic hydroxyl groups excluding tert-OH is 1. The first-order valence-corrected chi connectivity index (χ1v) is 27.0. The fourth-order valence-corrected chi connectivity index (χ4v) is 9.19. The molecule has 0 fully saturated rings. The summed E-state index contributed by atoms with van der Waals surface area (Å²) in [6.45, 7) is 6.80. The Hall–Kier alpha value is -0.940. The molecule has 0 aromatic carbocycles. The molecule has 0 aromatic heterocycles. The number of Topliss-reactive ketones (excluding diaryl/α,β-unsaturated/α-hetero) is 1. The molecule has 0 aromatic rings. The number of carboxylic acids is 1. The Balaban J connectivity index is 4.07. The number of unbranched alkanes of at least 4 members (excludes halogenated alkanes) is 37. The van der Waals surface area contributed by atoms with E-state index in [0.29, 0.717) is 18.6 Å². The van der Waals surface area contributed by atoms with Crippen LogP contribution in [0.4, 0.5) is 0 Å². The molecule has 3 atom stereocenters. The molecule has 0 aliphatic rings. The van der Waals surface area contributed by atoms with Gasteiger partial charge in [0, 0.05) is 12.3 Å². The minimum atomic E-state index is -2.04. The van der Waals surface area contributed by atoms with Gasteiger partial charge in [-0.05, 0) is 38.5 Å². The third kappa shape index (κ3) is 37.3. The van der Waals surface area contributed by atoms with Gasteiger partial charge < -0.3 is 15.3 Å². The Labute approximate surface area is 369 Å². The van der Waals surface area contributed by atoms with Crippen LogP contribution in [-0.4, -0.2) is 38.8 Å². The van der Waals surface area contributed by atoms with Crippen LogP contribution in [0.25, 0.3) is 0 Å². The van der Waals surface area contributed by atoms with Gasteiger partial charge in [0.15, 0.2) is 5.60 Å². The summed E-state index contributed by atoms with van der Waals surface area (Å²) < 4.78 is 0. The number of hydrogen-bond acceptors (Lipinski definition) is 4. The van der Waals surface area contributed by atoms with Crippen molar-refractivity contribution in [3.8, 4) is 0 Å². The van der Waals surface area contributed by atoms with Gasteiger partial charge in [-0.3, -0.25) is 4.79 Å². The zero-order valence-electron chi connectivity index (χ0n) is 40.3. The van der Waals surface area contributed by atoms with Gasteiger partial charge in [-0.15, -0.1) is 0 Å². The molecule has 0 aliphatic heterocycles. The van der Waals surface area contributed by atoms with Crippen molar-refractivity contribution < 1.29 is 24.9 Å². The highest BCUT2D eigenvalue weighted by molar-refractivity contribution is 5.80. The van der Waals surface area contributed by atoms with E-state index in [-0.39, 0.29) is 12.3 Å². The largest absolute Gasteiger partial charge is 0.479 e. The van der Waals surface area contributed by atoms with Gasteiger partial charge in [0.2, 0.25) is 0 Å². The lowest BCUT2D eigenvalue weighted by Crippen LogP contribution is -2.49. The van der Waals surface area contributed by atoms with Gasteiger partial charge in [0.1, 0.15) is 5.78 Å². The lowest BCUT2D eigenvalue weighted by atomic mass is 9.87. The number of hydrogen-bond donors (Lipinski definition) is 3. The number of carbonyl (C=O) groups is 2. The second-order valence-electron chi connectivity index (χ2n) is 19.2. The van der Waals surface area contributed by atoms with Gasteiger partial charge in [-0.1, -0.05) is 271 Å². The third-order valence-corrected chi connectivity index (χ3v) is 13.5. The molecule has 5 heteroatoms. The number of aliphatic carboxylic acids is 1. The fraction of sp³-hybridized carbons (Fsp3) is 0.963. The van der Waals surface area contributed by atoms with E-state index in [1.807, 2.05) is 0 Å². The molecular weight excluding hydrogens is 729 g/mol. The molecule has 0 heterocycles. The Bertz CT molecular complexity index is 875. The predicted octanol–water partition coefficient (Wildman–Crippen LogP) is 17.4. The van der Waals surface area contributed by atoms with Gasteiger partial charge in [-0.25, -0.2) is 4.79 Å². The highest BCUT2D eigenvalue weighted by Crippen LogP contribution is 2.26. The molecule has 0 saturated carbocycles. The molecule has 352 valence electrons. The summed E-state index contributed by atoms with van der Waals surface area (Å²) in [5.74, 6) is -0.545. The highest BCUT2D eigenvalue weighted by atomic mass is 16.4. The van der Waals surface area contributed by atoms with Crippen LogP contribution < -0.4 is 0 Å². The average Bonchev–Trinajstić information content (AvgIpc) is 3.23. The average molecular weight is 835 g/mol. The van der Waals surface area contributed by atoms with Crippen molar-refractivity contribution >= 4 is 11.8 Å². The Morgan fingerprint density at radius 1 is 0.373 bits per heavy atom. The van der Waals surface area contributed by atoms with Crippen LogP contribution in [0.5, 0.6) is 0 Å². The van der Waals surface area contributed by atoms with Gasteiger partial charge in [-0.2, -0.15) is 0 Å². The maximum absolute atomic E-state index is 13.3. The van der Waals surface area contributed by atoms with E-state index < -0.39 is 17.7 Å². The number of rotatable bonds is 50. The first-order valence-electron chi connectivity index (χ1n) is 27.0. The monoisotopic (exact) mass is 835 g/mol. The van der Waals surface area contributed by atoms with E-state index in [1.165, 1.54) is 199 Å². The summed E-state index contributed by atoms with van der Waals surface area (Å²) in [7, 11) is 0. The molecule has 0 aliphatic carbocycles. The summed E-state index contributed by atoms with van der Waals surface area (Å²) in [6.07, 6.45) is 53.3. The molecule has 0 spiro atoms. The quantitative estimate of drug-likeness (QED) is 0.0531. The van der Waals surface area contributed by atoms with Crippen LogP contribution in [0, 0.1) is 5.92 Å². The number of aliphatic hydroxyl groups is 2. The molecule has 0 rings (SSSR count). The van der Waals surface area contributed by atoms with Crippen molar-refractivity contribution in [2.45, 2.75) is 328 Å². The van der Waals surface area contributed by atoms with E-state index in [0.717, 1.165) is 77.0 Å². The van der Waals surface area contributed by atoms with Crippen molar-refractivity contribution in [2.75, 3.05) is 0 Å². The number of carboxylic acid groups (broad SMARTS) is 1. The molecule has 3 N–H and O–H groups in total. The Kier molecular flexibility index (Phi) is 44.4. The molecule has 0 amide bonds. The van der Waals surface area contributed by atoms with Crippen LogP contribution in [0.15, 0.2) is 0 Å². The maximum Gasteiger partial charge on any atom is 0.338 e. The topological polar surface area (TPSA) is 94.8 Å². The van der Waals surface area contributed by atoms with Crippen molar-refractivity contribution in [2.24, 2.45) is 5.92 Å². The van der Waals surface area contributed by atoms with Crippen molar-refractivity contribution in [1.29, 1.82) is 0 Å². The maximum atomic E-state index is 13.3. The van der Waals surface area contributed by atoms with Crippen LogP contribution in [-0.2, 0) is 9.59 Å².